The summed E-state index contributed by atoms with van der Waals surface area (Å²) in [6.07, 6.45) is 5.30. The molecule has 0 N–H and O–H groups in total. The lowest BCUT2D eigenvalue weighted by molar-refractivity contribution is 0.650. The molecule has 0 saturated heterocycles. The molecule has 0 aromatic heterocycles. The van der Waals surface area contributed by atoms with Gasteiger partial charge in [-0.05, 0) is 24.8 Å². The molecule has 0 saturated carbocycles. The van der Waals surface area contributed by atoms with Crippen LogP contribution in [0.5, 0.6) is 0 Å². The molecule has 0 aliphatic carbocycles. The van der Waals surface area contributed by atoms with Crippen molar-refractivity contribution in [2.75, 3.05) is 18.0 Å². The molecule has 102 valence electrons. The Kier molecular flexibility index (Phi) is 5.26. The van der Waals surface area contributed by atoms with Crippen LogP contribution in [0.3, 0.4) is 0 Å². The summed E-state index contributed by atoms with van der Waals surface area (Å²) in [5.74, 6) is 0. The van der Waals surface area contributed by atoms with Gasteiger partial charge in [-0.2, -0.15) is 0 Å². The van der Waals surface area contributed by atoms with Crippen LogP contribution in [0.2, 0.25) is 0 Å². The van der Waals surface area contributed by atoms with Crippen LogP contribution in [0.25, 0.3) is 10.8 Å². The molecule has 0 aliphatic rings. The third kappa shape index (κ3) is 3.50. The van der Waals surface area contributed by atoms with E-state index in [1.165, 1.54) is 48.7 Å². The summed E-state index contributed by atoms with van der Waals surface area (Å²) in [5.41, 5.74) is 1.39. The number of anilines is 1. The standard InChI is InChI=1S/C18H25N/c1-3-5-6-9-15-19(4-2)18-14-10-12-16-11-7-8-13-17(16)18/h7-8,10-14H,3-6,9,15H2,1-2H3. The maximum Gasteiger partial charge on any atom is 0.0445 e. The third-order valence-electron chi connectivity index (χ3n) is 3.77. The molecule has 1 heteroatoms. The van der Waals surface area contributed by atoms with Gasteiger partial charge in [0.05, 0.1) is 0 Å². The van der Waals surface area contributed by atoms with Crippen LogP contribution in [0.15, 0.2) is 42.5 Å². The second-order valence-corrected chi connectivity index (χ2v) is 5.14. The van der Waals surface area contributed by atoms with Gasteiger partial charge >= 0.3 is 0 Å². The number of benzene rings is 2. The molecule has 0 unspecified atom stereocenters. The summed E-state index contributed by atoms with van der Waals surface area (Å²) in [6, 6.07) is 15.3. The number of fused-ring (bicyclic) bond motifs is 1. The highest BCUT2D eigenvalue weighted by atomic mass is 15.1. The number of hydrogen-bond acceptors (Lipinski definition) is 1. The summed E-state index contributed by atoms with van der Waals surface area (Å²) in [5, 5.41) is 2.72. The van der Waals surface area contributed by atoms with Gasteiger partial charge in [0.15, 0.2) is 0 Å². The Morgan fingerprint density at radius 2 is 1.63 bits per heavy atom. The van der Waals surface area contributed by atoms with E-state index in [-0.39, 0.29) is 0 Å². The zero-order valence-electron chi connectivity index (χ0n) is 12.2. The number of rotatable bonds is 7. The van der Waals surface area contributed by atoms with Crippen LogP contribution < -0.4 is 4.90 Å². The second kappa shape index (κ2) is 7.18. The first kappa shape index (κ1) is 13.9. The summed E-state index contributed by atoms with van der Waals surface area (Å²) < 4.78 is 0. The van der Waals surface area contributed by atoms with Crippen LogP contribution in [-0.2, 0) is 0 Å². The van der Waals surface area contributed by atoms with Crippen LogP contribution in [0.4, 0.5) is 5.69 Å². The molecule has 0 spiro atoms. The average molecular weight is 255 g/mol. The van der Waals surface area contributed by atoms with E-state index in [1.54, 1.807) is 0 Å². The van der Waals surface area contributed by atoms with Gasteiger partial charge in [-0.3, -0.25) is 0 Å². The fourth-order valence-electron chi connectivity index (χ4n) is 2.66. The van der Waals surface area contributed by atoms with Gasteiger partial charge in [0.1, 0.15) is 0 Å². The monoisotopic (exact) mass is 255 g/mol. The first-order valence-electron chi connectivity index (χ1n) is 7.59. The molecule has 0 atom stereocenters. The maximum atomic E-state index is 2.51. The summed E-state index contributed by atoms with van der Waals surface area (Å²) >= 11 is 0. The zero-order chi connectivity index (χ0) is 13.5. The maximum absolute atomic E-state index is 2.51. The average Bonchev–Trinajstić information content (AvgIpc) is 2.47. The van der Waals surface area contributed by atoms with Crippen molar-refractivity contribution < 1.29 is 0 Å². The molecule has 2 aromatic rings. The van der Waals surface area contributed by atoms with Gasteiger partial charge in [0.25, 0.3) is 0 Å². The van der Waals surface area contributed by atoms with Gasteiger partial charge in [0, 0.05) is 24.2 Å². The van der Waals surface area contributed by atoms with Gasteiger partial charge in [0.2, 0.25) is 0 Å². The highest BCUT2D eigenvalue weighted by molar-refractivity contribution is 5.94. The van der Waals surface area contributed by atoms with Crippen molar-refractivity contribution in [3.63, 3.8) is 0 Å². The molecule has 0 heterocycles. The van der Waals surface area contributed by atoms with Crippen LogP contribution in [-0.4, -0.2) is 13.1 Å². The van der Waals surface area contributed by atoms with E-state index in [0.29, 0.717) is 0 Å². The molecule has 0 fully saturated rings. The van der Waals surface area contributed by atoms with Crippen LogP contribution in [0, 0.1) is 0 Å². The van der Waals surface area contributed by atoms with E-state index in [4.69, 9.17) is 0 Å². The van der Waals surface area contributed by atoms with Crippen LogP contribution >= 0.6 is 0 Å². The van der Waals surface area contributed by atoms with E-state index < -0.39 is 0 Å². The topological polar surface area (TPSA) is 3.24 Å². The predicted octanol–water partition coefficient (Wildman–Crippen LogP) is 5.25. The number of hydrogen-bond donors (Lipinski definition) is 0. The zero-order valence-corrected chi connectivity index (χ0v) is 12.2. The molecule has 0 aliphatic heterocycles. The Morgan fingerprint density at radius 3 is 2.42 bits per heavy atom. The van der Waals surface area contributed by atoms with E-state index in [9.17, 15) is 0 Å². The molecule has 2 aromatic carbocycles. The highest BCUT2D eigenvalue weighted by Crippen LogP contribution is 2.26. The Balaban J connectivity index is 2.16. The fourth-order valence-corrected chi connectivity index (χ4v) is 2.66. The van der Waals surface area contributed by atoms with Crippen LogP contribution in [0.1, 0.15) is 39.5 Å². The summed E-state index contributed by atoms with van der Waals surface area (Å²) in [7, 11) is 0. The minimum atomic E-state index is 1.08. The van der Waals surface area contributed by atoms with E-state index in [0.717, 1.165) is 6.54 Å². The second-order valence-electron chi connectivity index (χ2n) is 5.14. The van der Waals surface area contributed by atoms with Crippen molar-refractivity contribution in [2.45, 2.75) is 39.5 Å². The number of nitrogens with zero attached hydrogens (tertiary/aromatic N) is 1. The van der Waals surface area contributed by atoms with Gasteiger partial charge in [-0.1, -0.05) is 62.6 Å². The minimum absolute atomic E-state index is 1.08. The quantitative estimate of drug-likeness (QED) is 0.611. The van der Waals surface area contributed by atoms with E-state index in [1.807, 2.05) is 0 Å². The van der Waals surface area contributed by atoms with E-state index in [2.05, 4.69) is 61.2 Å². The fraction of sp³-hybridized carbons (Fsp3) is 0.444. The minimum Gasteiger partial charge on any atom is -0.371 e. The number of unbranched alkanes of at least 4 members (excludes halogenated alkanes) is 3. The van der Waals surface area contributed by atoms with Crippen molar-refractivity contribution in [2.24, 2.45) is 0 Å². The Hall–Kier alpha value is -1.50. The summed E-state index contributed by atoms with van der Waals surface area (Å²) in [4.78, 5) is 2.51. The van der Waals surface area contributed by atoms with Gasteiger partial charge < -0.3 is 4.90 Å². The lowest BCUT2D eigenvalue weighted by Gasteiger charge is -2.24. The first-order valence-corrected chi connectivity index (χ1v) is 7.59. The normalized spacial score (nSPS) is 10.8. The first-order chi connectivity index (χ1) is 9.36. The Labute approximate surface area is 117 Å². The Morgan fingerprint density at radius 1 is 0.842 bits per heavy atom. The molecular weight excluding hydrogens is 230 g/mol. The summed E-state index contributed by atoms with van der Waals surface area (Å²) in [6.45, 7) is 6.77. The molecular formula is C18H25N. The SMILES string of the molecule is CCCCCCN(CC)c1cccc2ccccc12. The largest absolute Gasteiger partial charge is 0.371 e. The van der Waals surface area contributed by atoms with Crippen molar-refractivity contribution in [3.05, 3.63) is 42.5 Å². The molecule has 0 bridgehead atoms. The van der Waals surface area contributed by atoms with Crippen molar-refractivity contribution in [1.82, 2.24) is 0 Å². The van der Waals surface area contributed by atoms with Crippen molar-refractivity contribution in [1.29, 1.82) is 0 Å². The molecule has 2 rings (SSSR count). The van der Waals surface area contributed by atoms with Gasteiger partial charge in [-0.25, -0.2) is 0 Å². The van der Waals surface area contributed by atoms with Crippen molar-refractivity contribution in [3.8, 4) is 0 Å². The lowest BCUT2D eigenvalue weighted by atomic mass is 10.1. The predicted molar refractivity (Wildman–Crippen MR) is 86.0 cm³/mol. The molecule has 0 radical (unpaired) electrons. The van der Waals surface area contributed by atoms with Crippen molar-refractivity contribution >= 4 is 16.5 Å². The smallest absolute Gasteiger partial charge is 0.0445 e. The molecule has 0 amide bonds. The Bertz CT molecular complexity index is 499. The lowest BCUT2D eigenvalue weighted by Crippen LogP contribution is -2.24. The highest BCUT2D eigenvalue weighted by Gasteiger charge is 2.07. The van der Waals surface area contributed by atoms with Gasteiger partial charge in [-0.15, -0.1) is 0 Å². The third-order valence-corrected chi connectivity index (χ3v) is 3.77. The van der Waals surface area contributed by atoms with E-state index >= 15 is 0 Å². The molecule has 19 heavy (non-hydrogen) atoms. The molecule has 1 nitrogen and oxygen atoms in total.